The van der Waals surface area contributed by atoms with Gasteiger partial charge < -0.3 is 10.2 Å². The molecular weight excluding hydrogens is 490 g/mol. The third kappa shape index (κ3) is 6.86. The van der Waals surface area contributed by atoms with Crippen LogP contribution >= 0.6 is 0 Å². The molecule has 1 aliphatic heterocycles. The Hall–Kier alpha value is -4.10. The highest BCUT2D eigenvalue weighted by Crippen LogP contribution is 2.41. The quantitative estimate of drug-likeness (QED) is 0.430. The second-order valence-electron chi connectivity index (χ2n) is 10.3. The highest BCUT2D eigenvalue weighted by Gasteiger charge is 2.45. The number of amides is 2. The molecular formula is C32H35N3O4. The van der Waals surface area contributed by atoms with E-state index in [1.165, 1.54) is 11.8 Å². The molecule has 7 nitrogen and oxygen atoms in total. The Morgan fingerprint density at radius 2 is 1.33 bits per heavy atom. The SMILES string of the molecule is CC(=O)NCc1cccc(C2C(C(=O)c3ccccc3)CN(CC(=O)N(C)C)CC2C(=O)c2ccccc2)c1. The van der Waals surface area contributed by atoms with Gasteiger partial charge in [-0.2, -0.15) is 0 Å². The number of likely N-dealkylation sites (N-methyl/N-ethyl adjacent to an activating group) is 1. The fourth-order valence-corrected chi connectivity index (χ4v) is 5.33. The summed E-state index contributed by atoms with van der Waals surface area (Å²) in [4.78, 5) is 55.8. The molecule has 0 aliphatic carbocycles. The van der Waals surface area contributed by atoms with Crippen LogP contribution < -0.4 is 5.32 Å². The Bertz CT molecular complexity index is 1260. The van der Waals surface area contributed by atoms with E-state index in [0.29, 0.717) is 30.8 Å². The normalized spacial score (nSPS) is 19.2. The summed E-state index contributed by atoms with van der Waals surface area (Å²) in [5.41, 5.74) is 2.92. The van der Waals surface area contributed by atoms with Gasteiger partial charge in [0.15, 0.2) is 11.6 Å². The predicted molar refractivity (Wildman–Crippen MR) is 150 cm³/mol. The van der Waals surface area contributed by atoms with Crippen LogP contribution in [0.4, 0.5) is 0 Å². The zero-order chi connectivity index (χ0) is 27.9. The van der Waals surface area contributed by atoms with E-state index in [1.807, 2.05) is 65.6 Å². The van der Waals surface area contributed by atoms with Crippen molar-refractivity contribution in [2.75, 3.05) is 33.7 Å². The maximum absolute atomic E-state index is 14.1. The van der Waals surface area contributed by atoms with Crippen molar-refractivity contribution < 1.29 is 19.2 Å². The van der Waals surface area contributed by atoms with Crippen LogP contribution in [0.2, 0.25) is 0 Å². The number of nitrogens with zero attached hydrogens (tertiary/aromatic N) is 2. The van der Waals surface area contributed by atoms with E-state index in [2.05, 4.69) is 5.32 Å². The number of hydrogen-bond donors (Lipinski definition) is 1. The van der Waals surface area contributed by atoms with Gasteiger partial charge in [-0.1, -0.05) is 84.9 Å². The number of Topliss-reactive ketones (excluding diaryl/α,β-unsaturated/α-hetero) is 2. The smallest absolute Gasteiger partial charge is 0.236 e. The molecule has 1 N–H and O–H groups in total. The summed E-state index contributed by atoms with van der Waals surface area (Å²) in [6.45, 7) is 2.66. The number of piperidine rings is 1. The average Bonchev–Trinajstić information content (AvgIpc) is 2.95. The lowest BCUT2D eigenvalue weighted by Crippen LogP contribution is -2.52. The van der Waals surface area contributed by atoms with Crippen LogP contribution in [0.25, 0.3) is 0 Å². The van der Waals surface area contributed by atoms with Crippen LogP contribution in [0.15, 0.2) is 84.9 Å². The molecule has 0 saturated carbocycles. The van der Waals surface area contributed by atoms with Gasteiger partial charge in [-0.3, -0.25) is 24.1 Å². The molecule has 0 radical (unpaired) electrons. The van der Waals surface area contributed by atoms with Crippen LogP contribution in [-0.4, -0.2) is 66.9 Å². The van der Waals surface area contributed by atoms with E-state index in [0.717, 1.165) is 11.1 Å². The number of ketones is 2. The van der Waals surface area contributed by atoms with E-state index in [4.69, 9.17) is 0 Å². The Morgan fingerprint density at radius 3 is 1.82 bits per heavy atom. The highest BCUT2D eigenvalue weighted by atomic mass is 16.2. The van der Waals surface area contributed by atoms with Crippen molar-refractivity contribution >= 4 is 23.4 Å². The maximum Gasteiger partial charge on any atom is 0.236 e. The summed E-state index contributed by atoms with van der Waals surface area (Å²) in [5.74, 6) is -1.83. The zero-order valence-electron chi connectivity index (χ0n) is 22.7. The lowest BCUT2D eigenvalue weighted by molar-refractivity contribution is -0.130. The topological polar surface area (TPSA) is 86.8 Å². The molecule has 0 spiro atoms. The number of carbonyl (C=O) groups excluding carboxylic acids is 4. The van der Waals surface area contributed by atoms with Gasteiger partial charge in [-0.15, -0.1) is 0 Å². The second-order valence-corrected chi connectivity index (χ2v) is 10.3. The van der Waals surface area contributed by atoms with Crippen LogP contribution in [0, 0.1) is 11.8 Å². The molecule has 1 heterocycles. The second kappa shape index (κ2) is 12.6. The third-order valence-corrected chi connectivity index (χ3v) is 7.30. The predicted octanol–water partition coefficient (Wildman–Crippen LogP) is 3.81. The minimum Gasteiger partial charge on any atom is -0.352 e. The summed E-state index contributed by atoms with van der Waals surface area (Å²) in [6.07, 6.45) is 0. The molecule has 0 bridgehead atoms. The first-order valence-electron chi connectivity index (χ1n) is 13.2. The fraction of sp³-hybridized carbons (Fsp3) is 0.312. The maximum atomic E-state index is 14.1. The Kier molecular flexibility index (Phi) is 9.04. The molecule has 39 heavy (non-hydrogen) atoms. The van der Waals surface area contributed by atoms with Gasteiger partial charge in [0.1, 0.15) is 0 Å². The number of rotatable bonds is 9. The number of carbonyl (C=O) groups is 4. The molecule has 1 fully saturated rings. The molecule has 7 heteroatoms. The summed E-state index contributed by atoms with van der Waals surface area (Å²) < 4.78 is 0. The van der Waals surface area contributed by atoms with Crippen molar-refractivity contribution in [1.82, 2.24) is 15.1 Å². The fourth-order valence-electron chi connectivity index (χ4n) is 5.33. The van der Waals surface area contributed by atoms with Gasteiger partial charge in [-0.05, 0) is 11.1 Å². The summed E-state index contributed by atoms with van der Waals surface area (Å²) in [5, 5.41) is 2.83. The van der Waals surface area contributed by atoms with Crippen LogP contribution in [0.1, 0.15) is 44.7 Å². The first kappa shape index (κ1) is 27.9. The Morgan fingerprint density at radius 1 is 0.795 bits per heavy atom. The van der Waals surface area contributed by atoms with Gasteiger partial charge >= 0.3 is 0 Å². The van der Waals surface area contributed by atoms with Crippen molar-refractivity contribution in [3.8, 4) is 0 Å². The monoisotopic (exact) mass is 525 g/mol. The van der Waals surface area contributed by atoms with E-state index >= 15 is 0 Å². The van der Waals surface area contributed by atoms with Crippen LogP contribution in [0.3, 0.4) is 0 Å². The van der Waals surface area contributed by atoms with Crippen molar-refractivity contribution in [2.45, 2.75) is 19.4 Å². The first-order valence-corrected chi connectivity index (χ1v) is 13.2. The molecule has 4 rings (SSSR count). The zero-order valence-corrected chi connectivity index (χ0v) is 22.7. The lowest BCUT2D eigenvalue weighted by atomic mass is 9.68. The molecule has 2 atom stereocenters. The highest BCUT2D eigenvalue weighted by molar-refractivity contribution is 6.02. The molecule has 202 valence electrons. The van der Waals surface area contributed by atoms with Crippen molar-refractivity contribution in [1.29, 1.82) is 0 Å². The Labute approximate surface area is 229 Å². The van der Waals surface area contributed by atoms with Gasteiger partial charge in [0.05, 0.1) is 6.54 Å². The summed E-state index contributed by atoms with van der Waals surface area (Å²) >= 11 is 0. The molecule has 2 unspecified atom stereocenters. The number of likely N-dealkylation sites (tertiary alicyclic amines) is 1. The summed E-state index contributed by atoms with van der Waals surface area (Å²) in [7, 11) is 3.41. The van der Waals surface area contributed by atoms with Gasteiger partial charge in [0.25, 0.3) is 0 Å². The van der Waals surface area contributed by atoms with E-state index < -0.39 is 17.8 Å². The van der Waals surface area contributed by atoms with Gasteiger partial charge in [0.2, 0.25) is 11.8 Å². The lowest BCUT2D eigenvalue weighted by Gasteiger charge is -2.43. The molecule has 3 aromatic rings. The van der Waals surface area contributed by atoms with Crippen molar-refractivity contribution in [2.24, 2.45) is 11.8 Å². The average molecular weight is 526 g/mol. The molecule has 3 aromatic carbocycles. The van der Waals surface area contributed by atoms with Gasteiger partial charge in [-0.25, -0.2) is 0 Å². The number of benzene rings is 3. The van der Waals surface area contributed by atoms with E-state index in [9.17, 15) is 19.2 Å². The minimum atomic E-state index is -0.551. The molecule has 1 aliphatic rings. The largest absolute Gasteiger partial charge is 0.352 e. The number of hydrogen-bond acceptors (Lipinski definition) is 5. The minimum absolute atomic E-state index is 0.0549. The Balaban J connectivity index is 1.81. The van der Waals surface area contributed by atoms with E-state index in [1.54, 1.807) is 38.4 Å². The summed E-state index contributed by atoms with van der Waals surface area (Å²) in [6, 6.07) is 26.0. The van der Waals surface area contributed by atoms with E-state index in [-0.39, 0.29) is 29.9 Å². The van der Waals surface area contributed by atoms with Crippen LogP contribution in [0.5, 0.6) is 0 Å². The van der Waals surface area contributed by atoms with Gasteiger partial charge in [0, 0.05) is 69.5 Å². The molecule has 2 amide bonds. The van der Waals surface area contributed by atoms with Crippen molar-refractivity contribution in [3.63, 3.8) is 0 Å². The standard InChI is InChI=1S/C32H35N3O4/c1-22(36)33-18-23-11-10-16-26(17-23)30-27(31(38)24-12-6-4-7-13-24)19-35(21-29(37)34(2)3)20-28(30)32(39)25-14-8-5-9-15-25/h4-17,27-28,30H,18-21H2,1-3H3,(H,33,36). The molecule has 1 saturated heterocycles. The molecule has 0 aromatic heterocycles. The first-order chi connectivity index (χ1) is 18.7. The van der Waals surface area contributed by atoms with Crippen LogP contribution in [-0.2, 0) is 16.1 Å². The third-order valence-electron chi connectivity index (χ3n) is 7.30. The van der Waals surface area contributed by atoms with Crippen molar-refractivity contribution in [3.05, 3.63) is 107 Å². The number of nitrogens with one attached hydrogen (secondary N) is 1.